The lowest BCUT2D eigenvalue weighted by Crippen LogP contribution is -2.17. The number of aliphatic carboxylic acids is 2. The van der Waals surface area contributed by atoms with Gasteiger partial charge >= 0.3 is 11.9 Å². The highest BCUT2D eigenvalue weighted by atomic mass is 32.7. The van der Waals surface area contributed by atoms with Crippen LogP contribution in [0.2, 0.25) is 0 Å². The van der Waals surface area contributed by atoms with E-state index < -0.39 is 17.6 Å². The summed E-state index contributed by atoms with van der Waals surface area (Å²) < 4.78 is 0. The molecule has 0 fully saturated rings. The molecule has 4 nitrogen and oxygen atoms in total. The summed E-state index contributed by atoms with van der Waals surface area (Å²) in [5.41, 5.74) is -0.846. The Labute approximate surface area is 64.6 Å². The van der Waals surface area contributed by atoms with Crippen LogP contribution >= 0.6 is 20.0 Å². The molecule has 0 heterocycles. The molecule has 0 aromatic rings. The molecule has 2 unspecified atom stereocenters. The Morgan fingerprint density at radius 1 is 1.50 bits per heavy atom. The Balaban J connectivity index is 3.83. The number of rotatable bonds is 4. The lowest BCUT2D eigenvalue weighted by atomic mass is 10.3. The Morgan fingerprint density at radius 3 is 2.10 bits per heavy atom. The highest BCUT2D eigenvalue weighted by Gasteiger charge is 2.18. The molecule has 0 amide bonds. The molecule has 10 heavy (non-hydrogen) atoms. The maximum Gasteiger partial charge on any atom is 0.312 e. The van der Waals surface area contributed by atoms with Crippen LogP contribution in [0, 0.1) is 0 Å². The molecule has 2 N–H and O–H groups in total. The van der Waals surface area contributed by atoms with Crippen molar-refractivity contribution in [1.29, 1.82) is 0 Å². The molecular weight excluding hydrogens is 175 g/mol. The maximum atomic E-state index is 10.2. The van der Waals surface area contributed by atoms with E-state index in [0.29, 0.717) is 0 Å². The van der Waals surface area contributed by atoms with E-state index in [1.807, 2.05) is 0 Å². The molecule has 0 aliphatic heterocycles. The second-order valence-electron chi connectivity index (χ2n) is 1.62. The van der Waals surface area contributed by atoms with Gasteiger partial charge in [-0.1, -0.05) is 0 Å². The van der Waals surface area contributed by atoms with E-state index in [-0.39, 0.29) is 14.2 Å². The molecule has 0 aromatic carbocycles. The SMILES string of the molecule is O=C(O)CC(PS)C(=O)O. The minimum atomic E-state index is -1.10. The van der Waals surface area contributed by atoms with Gasteiger partial charge in [0.25, 0.3) is 0 Å². The summed E-state index contributed by atoms with van der Waals surface area (Å²) in [5.74, 6) is -2.20. The minimum Gasteiger partial charge on any atom is -0.481 e. The summed E-state index contributed by atoms with van der Waals surface area (Å²) in [7, 11) is -0.164. The van der Waals surface area contributed by atoms with Crippen molar-refractivity contribution < 1.29 is 19.8 Å². The van der Waals surface area contributed by atoms with E-state index in [9.17, 15) is 9.59 Å². The average molecular weight is 182 g/mol. The Hall–Kier alpha value is -0.280. The summed E-state index contributed by atoms with van der Waals surface area (Å²) in [5, 5.41) is 16.5. The summed E-state index contributed by atoms with van der Waals surface area (Å²) in [6.07, 6.45) is -0.350. The standard InChI is InChI=1S/C4H7O4PS/c5-3(6)1-2(9-10)4(7)8/h2,9-10H,1H2,(H,5,6)(H,7,8). The molecule has 6 heteroatoms. The monoisotopic (exact) mass is 182 g/mol. The lowest BCUT2D eigenvalue weighted by molar-refractivity contribution is -0.143. The number of thiol groups is 1. The first-order valence-corrected chi connectivity index (χ1v) is 4.78. The first-order valence-electron chi connectivity index (χ1n) is 2.42. The van der Waals surface area contributed by atoms with Crippen molar-refractivity contribution in [3.63, 3.8) is 0 Å². The molecule has 2 atom stereocenters. The van der Waals surface area contributed by atoms with Gasteiger partial charge in [-0.05, 0) is 7.78 Å². The Bertz CT molecular complexity index is 148. The van der Waals surface area contributed by atoms with Gasteiger partial charge < -0.3 is 10.2 Å². The zero-order valence-electron chi connectivity index (χ0n) is 4.94. The van der Waals surface area contributed by atoms with Crippen LogP contribution in [0.3, 0.4) is 0 Å². The van der Waals surface area contributed by atoms with Gasteiger partial charge in [0.05, 0.1) is 12.1 Å². The second kappa shape index (κ2) is 4.52. The van der Waals surface area contributed by atoms with Gasteiger partial charge in [0.15, 0.2) is 0 Å². The van der Waals surface area contributed by atoms with Gasteiger partial charge in [0.1, 0.15) is 0 Å². The first-order chi connectivity index (χ1) is 4.57. The molecule has 0 spiro atoms. The van der Waals surface area contributed by atoms with Crippen molar-refractivity contribution in [2.45, 2.75) is 12.1 Å². The number of hydrogen-bond acceptors (Lipinski definition) is 3. The first kappa shape index (κ1) is 9.72. The van der Waals surface area contributed by atoms with Crippen molar-refractivity contribution in [3.05, 3.63) is 0 Å². The predicted octanol–water partition coefficient (Wildman–Crippen LogP) is 0.438. The minimum absolute atomic E-state index is 0.164. The van der Waals surface area contributed by atoms with Crippen molar-refractivity contribution in [1.82, 2.24) is 0 Å². The maximum absolute atomic E-state index is 10.2. The summed E-state index contributed by atoms with van der Waals surface area (Å²) in [4.78, 5) is 20.1. The molecule has 0 bridgehead atoms. The fourth-order valence-corrected chi connectivity index (χ4v) is 1.34. The van der Waals surface area contributed by atoms with Crippen molar-refractivity contribution in [2.75, 3.05) is 0 Å². The molecule has 0 aliphatic carbocycles. The van der Waals surface area contributed by atoms with E-state index in [2.05, 4.69) is 12.2 Å². The van der Waals surface area contributed by atoms with Gasteiger partial charge in [-0.2, -0.15) is 12.2 Å². The third kappa shape index (κ3) is 3.69. The lowest BCUT2D eigenvalue weighted by Gasteiger charge is -2.03. The predicted molar refractivity (Wildman–Crippen MR) is 41.0 cm³/mol. The van der Waals surface area contributed by atoms with Gasteiger partial charge in [-0.25, -0.2) is 0 Å². The van der Waals surface area contributed by atoms with Crippen molar-refractivity contribution >= 4 is 32.0 Å². The van der Waals surface area contributed by atoms with Crippen LogP contribution in [-0.4, -0.2) is 27.8 Å². The topological polar surface area (TPSA) is 74.6 Å². The molecule has 0 saturated carbocycles. The second-order valence-corrected chi connectivity index (χ2v) is 3.35. The average Bonchev–Trinajstić information content (AvgIpc) is 1.81. The molecule has 58 valence electrons. The molecule has 0 saturated heterocycles. The van der Waals surface area contributed by atoms with Crippen LogP contribution in [0.1, 0.15) is 6.42 Å². The summed E-state index contributed by atoms with van der Waals surface area (Å²) >= 11 is 3.71. The van der Waals surface area contributed by atoms with E-state index in [1.165, 1.54) is 0 Å². The molecule has 0 aromatic heterocycles. The Morgan fingerprint density at radius 2 is 2.00 bits per heavy atom. The normalized spacial score (nSPS) is 13.7. The summed E-state index contributed by atoms with van der Waals surface area (Å²) in [6, 6.07) is 0. The molecule has 0 rings (SSSR count). The zero-order valence-corrected chi connectivity index (χ0v) is 6.84. The van der Waals surface area contributed by atoms with E-state index in [4.69, 9.17) is 10.2 Å². The number of hydrogen-bond donors (Lipinski definition) is 3. The molecular formula is C4H7O4PS. The highest BCUT2D eigenvalue weighted by Crippen LogP contribution is 2.25. The van der Waals surface area contributed by atoms with Crippen molar-refractivity contribution in [2.24, 2.45) is 0 Å². The third-order valence-electron chi connectivity index (χ3n) is 0.833. The van der Waals surface area contributed by atoms with Crippen LogP contribution < -0.4 is 0 Å². The largest absolute Gasteiger partial charge is 0.481 e. The number of carboxylic acid groups (broad SMARTS) is 2. The van der Waals surface area contributed by atoms with Crippen molar-refractivity contribution in [3.8, 4) is 0 Å². The van der Waals surface area contributed by atoms with E-state index in [1.54, 1.807) is 0 Å². The van der Waals surface area contributed by atoms with Gasteiger partial charge in [0, 0.05) is 0 Å². The Kier molecular flexibility index (Phi) is 4.40. The molecule has 0 radical (unpaired) electrons. The van der Waals surface area contributed by atoms with Crippen LogP contribution in [0.4, 0.5) is 0 Å². The molecule has 0 aliphatic rings. The van der Waals surface area contributed by atoms with Crippen LogP contribution in [-0.2, 0) is 9.59 Å². The highest BCUT2D eigenvalue weighted by molar-refractivity contribution is 8.38. The van der Waals surface area contributed by atoms with Crippen LogP contribution in [0.15, 0.2) is 0 Å². The van der Waals surface area contributed by atoms with Crippen LogP contribution in [0.5, 0.6) is 0 Å². The van der Waals surface area contributed by atoms with E-state index in [0.717, 1.165) is 0 Å². The third-order valence-corrected chi connectivity index (χ3v) is 2.53. The zero-order chi connectivity index (χ0) is 8.15. The number of carbonyl (C=O) groups is 2. The van der Waals surface area contributed by atoms with Gasteiger partial charge in [-0.15, -0.1) is 0 Å². The summed E-state index contributed by atoms with van der Waals surface area (Å²) in [6.45, 7) is 0. The smallest absolute Gasteiger partial charge is 0.312 e. The van der Waals surface area contributed by atoms with Crippen LogP contribution in [0.25, 0.3) is 0 Å². The van der Waals surface area contributed by atoms with Gasteiger partial charge in [0.2, 0.25) is 0 Å². The van der Waals surface area contributed by atoms with Gasteiger partial charge in [-0.3, -0.25) is 9.59 Å². The van der Waals surface area contributed by atoms with E-state index >= 15 is 0 Å². The quantitative estimate of drug-likeness (QED) is 0.435. The fourth-order valence-electron chi connectivity index (χ4n) is 0.363. The fraction of sp³-hybridized carbons (Fsp3) is 0.500. The number of carboxylic acids is 2.